The molecule has 1 amide bonds. The SMILES string of the molecule is O=C(Cc1cccs1)NCCOCCn1cccn1. The van der Waals surface area contributed by atoms with E-state index in [1.165, 1.54) is 0 Å². The second-order valence-corrected chi connectivity index (χ2v) is 5.02. The zero-order chi connectivity index (χ0) is 13.3. The van der Waals surface area contributed by atoms with Crippen LogP contribution in [0.1, 0.15) is 4.88 Å². The quantitative estimate of drug-likeness (QED) is 0.742. The standard InChI is InChI=1S/C13H17N3O2S/c17-13(11-12-3-1-10-19-12)14-5-8-18-9-7-16-6-2-4-15-16/h1-4,6,10H,5,7-9,11H2,(H,14,17). The Bertz CT molecular complexity index is 468. The Labute approximate surface area is 116 Å². The summed E-state index contributed by atoms with van der Waals surface area (Å²) in [6.45, 7) is 2.40. The largest absolute Gasteiger partial charge is 0.378 e. The molecule has 2 rings (SSSR count). The van der Waals surface area contributed by atoms with E-state index < -0.39 is 0 Å². The van der Waals surface area contributed by atoms with Crippen LogP contribution in [-0.4, -0.2) is 35.4 Å². The number of ether oxygens (including phenoxy) is 1. The van der Waals surface area contributed by atoms with Gasteiger partial charge in [0, 0.05) is 23.8 Å². The number of carbonyl (C=O) groups excluding carboxylic acids is 1. The first kappa shape index (κ1) is 13.8. The van der Waals surface area contributed by atoms with Gasteiger partial charge in [-0.05, 0) is 17.5 Å². The molecule has 2 heterocycles. The maximum absolute atomic E-state index is 11.6. The third-order valence-corrected chi connectivity index (χ3v) is 3.38. The molecule has 2 aromatic rings. The van der Waals surface area contributed by atoms with Crippen molar-refractivity contribution >= 4 is 17.2 Å². The van der Waals surface area contributed by atoms with Gasteiger partial charge in [-0.2, -0.15) is 5.10 Å². The van der Waals surface area contributed by atoms with Gasteiger partial charge in [0.15, 0.2) is 0 Å². The van der Waals surface area contributed by atoms with E-state index in [0.717, 1.165) is 11.4 Å². The van der Waals surface area contributed by atoms with Crippen molar-refractivity contribution in [2.75, 3.05) is 19.8 Å². The minimum Gasteiger partial charge on any atom is -0.378 e. The smallest absolute Gasteiger partial charge is 0.225 e. The van der Waals surface area contributed by atoms with Crippen LogP contribution in [-0.2, 0) is 22.5 Å². The van der Waals surface area contributed by atoms with Crippen LogP contribution in [0.4, 0.5) is 0 Å². The highest BCUT2D eigenvalue weighted by molar-refractivity contribution is 7.10. The molecule has 0 bridgehead atoms. The second-order valence-electron chi connectivity index (χ2n) is 3.99. The van der Waals surface area contributed by atoms with Gasteiger partial charge in [-0.1, -0.05) is 6.07 Å². The lowest BCUT2D eigenvalue weighted by Gasteiger charge is -2.06. The van der Waals surface area contributed by atoms with Gasteiger partial charge in [0.1, 0.15) is 0 Å². The number of nitrogens with one attached hydrogen (secondary N) is 1. The number of hydrogen-bond donors (Lipinski definition) is 1. The van der Waals surface area contributed by atoms with E-state index in [1.54, 1.807) is 17.5 Å². The lowest BCUT2D eigenvalue weighted by Crippen LogP contribution is -2.28. The Morgan fingerprint density at radius 2 is 2.37 bits per heavy atom. The molecule has 102 valence electrons. The van der Waals surface area contributed by atoms with Crippen molar-refractivity contribution in [3.8, 4) is 0 Å². The van der Waals surface area contributed by atoms with Gasteiger partial charge in [0.2, 0.25) is 5.91 Å². The van der Waals surface area contributed by atoms with Gasteiger partial charge in [-0.25, -0.2) is 0 Å². The highest BCUT2D eigenvalue weighted by Crippen LogP contribution is 2.08. The summed E-state index contributed by atoms with van der Waals surface area (Å²) in [6, 6.07) is 5.79. The predicted molar refractivity (Wildman–Crippen MR) is 74.1 cm³/mol. The van der Waals surface area contributed by atoms with Gasteiger partial charge in [-0.15, -0.1) is 11.3 Å². The number of amides is 1. The zero-order valence-corrected chi connectivity index (χ0v) is 11.4. The Hall–Kier alpha value is -1.66. The monoisotopic (exact) mass is 279 g/mol. The number of aromatic nitrogens is 2. The minimum absolute atomic E-state index is 0.0399. The summed E-state index contributed by atoms with van der Waals surface area (Å²) in [5, 5.41) is 8.88. The van der Waals surface area contributed by atoms with Crippen molar-refractivity contribution in [1.29, 1.82) is 0 Å². The normalized spacial score (nSPS) is 10.5. The Morgan fingerprint density at radius 1 is 1.42 bits per heavy atom. The highest BCUT2D eigenvalue weighted by Gasteiger charge is 2.02. The van der Waals surface area contributed by atoms with E-state index in [2.05, 4.69) is 10.4 Å². The van der Waals surface area contributed by atoms with Crippen molar-refractivity contribution in [3.63, 3.8) is 0 Å². The minimum atomic E-state index is 0.0399. The van der Waals surface area contributed by atoms with Crippen LogP contribution in [0.3, 0.4) is 0 Å². The summed E-state index contributed by atoms with van der Waals surface area (Å²) in [5.74, 6) is 0.0399. The summed E-state index contributed by atoms with van der Waals surface area (Å²) in [6.07, 6.45) is 4.09. The van der Waals surface area contributed by atoms with E-state index in [-0.39, 0.29) is 5.91 Å². The molecule has 0 atom stereocenters. The molecular formula is C13H17N3O2S. The molecule has 0 radical (unpaired) electrons. The number of carbonyl (C=O) groups is 1. The third kappa shape index (κ3) is 5.23. The molecule has 0 unspecified atom stereocenters. The van der Waals surface area contributed by atoms with E-state index in [9.17, 15) is 4.79 Å². The second kappa shape index (κ2) is 7.70. The molecule has 19 heavy (non-hydrogen) atoms. The summed E-state index contributed by atoms with van der Waals surface area (Å²) in [5.41, 5.74) is 0. The first-order valence-electron chi connectivity index (χ1n) is 6.19. The van der Waals surface area contributed by atoms with Crippen LogP contribution in [0, 0.1) is 0 Å². The van der Waals surface area contributed by atoms with Crippen molar-refractivity contribution in [2.45, 2.75) is 13.0 Å². The van der Waals surface area contributed by atoms with Gasteiger partial charge in [-0.3, -0.25) is 9.48 Å². The molecule has 0 aliphatic carbocycles. The summed E-state index contributed by atoms with van der Waals surface area (Å²) in [7, 11) is 0. The zero-order valence-electron chi connectivity index (χ0n) is 10.6. The van der Waals surface area contributed by atoms with Crippen LogP contribution in [0.15, 0.2) is 36.0 Å². The van der Waals surface area contributed by atoms with Crippen molar-refractivity contribution in [3.05, 3.63) is 40.8 Å². The Kier molecular flexibility index (Phi) is 5.58. The first-order valence-corrected chi connectivity index (χ1v) is 7.07. The topological polar surface area (TPSA) is 56.1 Å². The number of rotatable bonds is 8. The molecule has 5 nitrogen and oxygen atoms in total. The van der Waals surface area contributed by atoms with Crippen LogP contribution in [0.5, 0.6) is 0 Å². The maximum Gasteiger partial charge on any atom is 0.225 e. The van der Waals surface area contributed by atoms with Crippen molar-refractivity contribution in [1.82, 2.24) is 15.1 Å². The van der Waals surface area contributed by atoms with Crippen LogP contribution in [0.25, 0.3) is 0 Å². The maximum atomic E-state index is 11.6. The first-order chi connectivity index (χ1) is 9.34. The lowest BCUT2D eigenvalue weighted by atomic mass is 10.3. The van der Waals surface area contributed by atoms with E-state index in [1.807, 2.05) is 34.5 Å². The average Bonchev–Trinajstić information content (AvgIpc) is 3.06. The van der Waals surface area contributed by atoms with Gasteiger partial charge >= 0.3 is 0 Å². The third-order valence-electron chi connectivity index (χ3n) is 2.51. The molecule has 0 fully saturated rings. The fraction of sp³-hybridized carbons (Fsp3) is 0.385. The van der Waals surface area contributed by atoms with E-state index >= 15 is 0 Å². The Balaban J connectivity index is 1.48. The van der Waals surface area contributed by atoms with Gasteiger partial charge in [0.25, 0.3) is 0 Å². The van der Waals surface area contributed by atoms with E-state index in [4.69, 9.17) is 4.74 Å². The molecular weight excluding hydrogens is 262 g/mol. The number of nitrogens with zero attached hydrogens (tertiary/aromatic N) is 2. The van der Waals surface area contributed by atoms with Crippen LogP contribution >= 0.6 is 11.3 Å². The average molecular weight is 279 g/mol. The molecule has 2 aromatic heterocycles. The van der Waals surface area contributed by atoms with Crippen LogP contribution < -0.4 is 5.32 Å². The molecule has 0 aliphatic heterocycles. The summed E-state index contributed by atoms with van der Waals surface area (Å²) in [4.78, 5) is 12.6. The van der Waals surface area contributed by atoms with E-state index in [0.29, 0.717) is 26.2 Å². The molecule has 0 saturated carbocycles. The van der Waals surface area contributed by atoms with Gasteiger partial charge in [0.05, 0.1) is 26.2 Å². The molecule has 0 saturated heterocycles. The molecule has 6 heteroatoms. The molecule has 0 aromatic carbocycles. The summed E-state index contributed by atoms with van der Waals surface area (Å²) >= 11 is 1.60. The van der Waals surface area contributed by atoms with Crippen molar-refractivity contribution in [2.24, 2.45) is 0 Å². The summed E-state index contributed by atoms with van der Waals surface area (Å²) < 4.78 is 7.23. The lowest BCUT2D eigenvalue weighted by molar-refractivity contribution is -0.120. The van der Waals surface area contributed by atoms with Crippen molar-refractivity contribution < 1.29 is 9.53 Å². The molecule has 0 aliphatic rings. The molecule has 0 spiro atoms. The number of hydrogen-bond acceptors (Lipinski definition) is 4. The fourth-order valence-corrected chi connectivity index (χ4v) is 2.29. The fourth-order valence-electron chi connectivity index (χ4n) is 1.59. The highest BCUT2D eigenvalue weighted by atomic mass is 32.1. The predicted octanol–water partition coefficient (Wildman–Crippen LogP) is 1.32. The number of thiophene rings is 1. The van der Waals surface area contributed by atoms with Crippen LogP contribution in [0.2, 0.25) is 0 Å². The van der Waals surface area contributed by atoms with Gasteiger partial charge < -0.3 is 10.1 Å². The Morgan fingerprint density at radius 3 is 3.11 bits per heavy atom. The molecule has 1 N–H and O–H groups in total.